The molecular formula is C4H11KN2O2S2. The van der Waals surface area contributed by atoms with Gasteiger partial charge in [0.25, 0.3) is 10.3 Å². The zero-order valence-corrected chi connectivity index (χ0v) is 11.5. The largest absolute Gasteiger partial charge is 1.00 e. The van der Waals surface area contributed by atoms with E-state index in [0.717, 1.165) is 0 Å². The molecule has 7 heteroatoms. The van der Waals surface area contributed by atoms with Crippen LogP contribution in [0.5, 0.6) is 0 Å². The zero-order valence-electron chi connectivity index (χ0n) is 7.79. The molecule has 62 valence electrons. The number of hydrogen-bond acceptors (Lipinski definition) is 4. The summed E-state index contributed by atoms with van der Waals surface area (Å²) in [6.45, 7) is 0. The molecule has 0 spiro atoms. The van der Waals surface area contributed by atoms with Crippen LogP contribution in [0.1, 0.15) is 1.43 Å². The van der Waals surface area contributed by atoms with E-state index >= 15 is 0 Å². The van der Waals surface area contributed by atoms with Crippen LogP contribution in [0.15, 0.2) is 0 Å². The van der Waals surface area contributed by atoms with Crippen LogP contribution in [0.2, 0.25) is 0 Å². The Morgan fingerprint density at radius 3 is 1.18 bits per heavy atom. The second-order valence-corrected chi connectivity index (χ2v) is 1.85. The maximum atomic E-state index is 4.80. The maximum absolute atomic E-state index is 4.80. The van der Waals surface area contributed by atoms with Crippen molar-refractivity contribution in [1.82, 2.24) is 0 Å². The summed E-state index contributed by atoms with van der Waals surface area (Å²) in [5.41, 5.74) is 9.60. The van der Waals surface area contributed by atoms with Crippen LogP contribution in [-0.4, -0.2) is 24.6 Å². The molecule has 4 nitrogen and oxygen atoms in total. The van der Waals surface area contributed by atoms with Crippen LogP contribution in [0.3, 0.4) is 0 Å². The molecule has 0 bridgehead atoms. The van der Waals surface area contributed by atoms with Crippen LogP contribution < -0.4 is 62.9 Å². The van der Waals surface area contributed by atoms with Crippen molar-refractivity contribution in [2.24, 2.45) is 11.5 Å². The average molecular weight is 222 g/mol. The van der Waals surface area contributed by atoms with Crippen molar-refractivity contribution in [2.75, 3.05) is 14.2 Å². The first-order valence-corrected chi connectivity index (χ1v) is 3.03. The molecule has 0 rings (SSSR count). The third kappa shape index (κ3) is 35.6. The van der Waals surface area contributed by atoms with Gasteiger partial charge in [-0.05, 0) is 24.4 Å². The van der Waals surface area contributed by atoms with Crippen molar-refractivity contribution in [3.8, 4) is 0 Å². The molecule has 0 aliphatic heterocycles. The van der Waals surface area contributed by atoms with Crippen LogP contribution in [0.25, 0.3) is 0 Å². The minimum atomic E-state index is 0. The van der Waals surface area contributed by atoms with Gasteiger partial charge in [-0.15, -0.1) is 0 Å². The molecule has 0 amide bonds. The Morgan fingerprint density at radius 2 is 1.18 bits per heavy atom. The second-order valence-electron chi connectivity index (χ2n) is 1.05. The summed E-state index contributed by atoms with van der Waals surface area (Å²) in [6, 6.07) is 0. The van der Waals surface area contributed by atoms with Crippen molar-refractivity contribution in [1.29, 1.82) is 0 Å². The fourth-order valence-corrected chi connectivity index (χ4v) is 0. The van der Waals surface area contributed by atoms with Crippen molar-refractivity contribution >= 4 is 34.8 Å². The quantitative estimate of drug-likeness (QED) is 0.334. The molecule has 0 aromatic carbocycles. The third-order valence-corrected chi connectivity index (χ3v) is 0.736. The van der Waals surface area contributed by atoms with E-state index in [0.29, 0.717) is 0 Å². The smallest absolute Gasteiger partial charge is 1.00 e. The van der Waals surface area contributed by atoms with Gasteiger partial charge < -0.3 is 22.4 Å². The van der Waals surface area contributed by atoms with Crippen molar-refractivity contribution in [3.63, 3.8) is 0 Å². The van der Waals surface area contributed by atoms with Gasteiger partial charge in [0.1, 0.15) is 0 Å². The fourth-order valence-electron chi connectivity index (χ4n) is 0. The van der Waals surface area contributed by atoms with Crippen LogP contribution in [-0.2, 0) is 9.47 Å². The molecular weight excluding hydrogens is 211 g/mol. The van der Waals surface area contributed by atoms with Gasteiger partial charge in [-0.2, -0.15) is 0 Å². The number of hydrogen-bond donors (Lipinski definition) is 2. The Kier molecular flexibility index (Phi) is 22.2. The molecule has 0 fully saturated rings. The van der Waals surface area contributed by atoms with E-state index in [1.54, 1.807) is 0 Å². The second kappa shape index (κ2) is 13.6. The summed E-state index contributed by atoms with van der Waals surface area (Å²) in [5, 5.41) is 0.176. The summed E-state index contributed by atoms with van der Waals surface area (Å²) in [5.74, 6) is 0. The zero-order chi connectivity index (χ0) is 8.57. The van der Waals surface area contributed by atoms with Crippen molar-refractivity contribution in [2.45, 2.75) is 0 Å². The number of methoxy groups -OCH3 is 2. The molecule has 0 aromatic heterocycles. The summed E-state index contributed by atoms with van der Waals surface area (Å²) in [7, 11) is 2.87. The van der Waals surface area contributed by atoms with Gasteiger partial charge >= 0.3 is 51.4 Å². The SMILES string of the molecule is COC(N)=S.COC(N)=S.[H-].[K+]. The van der Waals surface area contributed by atoms with E-state index in [4.69, 9.17) is 11.5 Å². The molecule has 0 heterocycles. The average Bonchev–Trinajstić information content (AvgIpc) is 1.89. The van der Waals surface area contributed by atoms with Gasteiger partial charge in [0.2, 0.25) is 0 Å². The summed E-state index contributed by atoms with van der Waals surface area (Å²) in [4.78, 5) is 0. The number of rotatable bonds is 0. The summed E-state index contributed by atoms with van der Waals surface area (Å²) >= 11 is 8.50. The predicted molar refractivity (Wildman–Crippen MR) is 48.7 cm³/mol. The monoisotopic (exact) mass is 222 g/mol. The Bertz CT molecular complexity index is 114. The van der Waals surface area contributed by atoms with Gasteiger partial charge in [0.15, 0.2) is 0 Å². The third-order valence-electron chi connectivity index (χ3n) is 0.402. The van der Waals surface area contributed by atoms with Crippen molar-refractivity contribution in [3.05, 3.63) is 0 Å². The Morgan fingerprint density at radius 1 is 1.09 bits per heavy atom. The van der Waals surface area contributed by atoms with E-state index in [2.05, 4.69) is 33.9 Å². The van der Waals surface area contributed by atoms with Gasteiger partial charge in [-0.25, -0.2) is 0 Å². The molecule has 0 unspecified atom stereocenters. The van der Waals surface area contributed by atoms with E-state index in [-0.39, 0.29) is 63.2 Å². The van der Waals surface area contributed by atoms with Crippen LogP contribution in [0.4, 0.5) is 0 Å². The van der Waals surface area contributed by atoms with Gasteiger partial charge in [-0.1, -0.05) is 0 Å². The minimum Gasteiger partial charge on any atom is -1.00 e. The van der Waals surface area contributed by atoms with Gasteiger partial charge in [-0.3, -0.25) is 0 Å². The normalized spacial score (nSPS) is 6.00. The summed E-state index contributed by atoms with van der Waals surface area (Å²) in [6.07, 6.45) is 0. The molecule has 0 radical (unpaired) electrons. The minimum absolute atomic E-state index is 0. The number of nitrogens with two attached hydrogens (primary N) is 2. The molecule has 0 aliphatic carbocycles. The Balaban J connectivity index is -0.0000000457. The summed E-state index contributed by atoms with van der Waals surface area (Å²) < 4.78 is 8.52. The van der Waals surface area contributed by atoms with Gasteiger partial charge in [0.05, 0.1) is 14.2 Å². The van der Waals surface area contributed by atoms with Crippen LogP contribution >= 0.6 is 24.4 Å². The Labute approximate surface area is 121 Å². The molecule has 0 atom stereocenters. The van der Waals surface area contributed by atoms with E-state index in [9.17, 15) is 0 Å². The number of thiocarbonyl (C=S) groups is 2. The molecule has 4 N–H and O–H groups in total. The van der Waals surface area contributed by atoms with Gasteiger partial charge in [0, 0.05) is 0 Å². The Hall–Kier alpha value is 1.02. The molecule has 0 aliphatic rings. The van der Waals surface area contributed by atoms with E-state index < -0.39 is 0 Å². The van der Waals surface area contributed by atoms with Crippen molar-refractivity contribution < 1.29 is 62.3 Å². The first-order chi connectivity index (χ1) is 4.54. The van der Waals surface area contributed by atoms with E-state index in [1.165, 1.54) is 14.2 Å². The molecule has 0 saturated carbocycles. The maximum Gasteiger partial charge on any atom is 1.00 e. The molecule has 11 heavy (non-hydrogen) atoms. The molecule has 0 aromatic rings. The van der Waals surface area contributed by atoms with E-state index in [1.807, 2.05) is 0 Å². The fraction of sp³-hybridized carbons (Fsp3) is 0.500. The topological polar surface area (TPSA) is 70.5 Å². The first-order valence-electron chi connectivity index (χ1n) is 2.21. The van der Waals surface area contributed by atoms with Crippen LogP contribution in [0, 0.1) is 0 Å². The first kappa shape index (κ1) is 17.9. The standard InChI is InChI=1S/2C2H5NOS.K.H/c2*1-4-2(3)5;;/h2*1H3,(H2,3,5);;/q;;+1;-1. The number of ether oxygens (including phenoxy) is 2. The molecule has 0 saturated heterocycles. The predicted octanol–water partition coefficient (Wildman–Crippen LogP) is -3.13.